The average molecular weight is 255 g/mol. The van der Waals surface area contributed by atoms with Gasteiger partial charge < -0.3 is 10.2 Å². The molecule has 0 spiro atoms. The quantitative estimate of drug-likeness (QED) is 0.811. The summed E-state index contributed by atoms with van der Waals surface area (Å²) in [4.78, 5) is 6.68. The predicted molar refractivity (Wildman–Crippen MR) is 75.7 cm³/mol. The number of aromatic nitrogens is 1. The number of nitrogens with one attached hydrogen (secondary N) is 1. The van der Waals surface area contributed by atoms with Gasteiger partial charge in [0.25, 0.3) is 0 Å². The molecule has 0 bridgehead atoms. The minimum absolute atomic E-state index is 0.126. The van der Waals surface area contributed by atoms with E-state index in [0.717, 1.165) is 19.4 Å². The molecule has 1 rings (SSSR count). The first kappa shape index (κ1) is 14.6. The van der Waals surface area contributed by atoms with Crippen molar-refractivity contribution in [1.82, 2.24) is 15.2 Å². The van der Waals surface area contributed by atoms with Crippen LogP contribution in [-0.4, -0.2) is 42.1 Å². The molecule has 1 heterocycles. The lowest BCUT2D eigenvalue weighted by atomic mass is 9.90. The SMILES string of the molecule is CCCNC(Cc1nccs1)C(C)(C)N(C)C. The first-order valence-corrected chi connectivity index (χ1v) is 7.15. The van der Waals surface area contributed by atoms with Crippen LogP contribution in [0.25, 0.3) is 0 Å². The molecule has 0 aliphatic carbocycles. The molecule has 1 aromatic heterocycles. The molecule has 0 radical (unpaired) electrons. The van der Waals surface area contributed by atoms with Crippen LogP contribution < -0.4 is 5.32 Å². The van der Waals surface area contributed by atoms with Crippen LogP contribution in [0, 0.1) is 0 Å². The molecule has 0 saturated heterocycles. The van der Waals surface area contributed by atoms with Gasteiger partial charge in [-0.15, -0.1) is 11.3 Å². The Morgan fingerprint density at radius 3 is 2.65 bits per heavy atom. The second-order valence-corrected chi connectivity index (χ2v) is 6.16. The number of hydrogen-bond acceptors (Lipinski definition) is 4. The molecule has 4 heteroatoms. The maximum absolute atomic E-state index is 4.40. The van der Waals surface area contributed by atoms with Crippen molar-refractivity contribution in [3.8, 4) is 0 Å². The highest BCUT2D eigenvalue weighted by Crippen LogP contribution is 2.20. The van der Waals surface area contributed by atoms with Gasteiger partial charge >= 0.3 is 0 Å². The standard InChI is InChI=1S/C13H25N3S/c1-6-7-14-11(13(2,3)16(4)5)10-12-15-8-9-17-12/h8-9,11,14H,6-7,10H2,1-5H3. The third-order valence-corrected chi connectivity index (χ3v) is 4.31. The van der Waals surface area contributed by atoms with Crippen molar-refractivity contribution >= 4 is 11.3 Å². The molecule has 0 aliphatic heterocycles. The van der Waals surface area contributed by atoms with E-state index in [1.165, 1.54) is 5.01 Å². The molecular formula is C13H25N3S. The Morgan fingerprint density at radius 1 is 1.47 bits per heavy atom. The molecule has 17 heavy (non-hydrogen) atoms. The first-order valence-electron chi connectivity index (χ1n) is 6.27. The normalized spacial score (nSPS) is 14.2. The molecule has 1 N–H and O–H groups in total. The summed E-state index contributed by atoms with van der Waals surface area (Å²) >= 11 is 1.74. The van der Waals surface area contributed by atoms with Crippen molar-refractivity contribution in [2.75, 3.05) is 20.6 Å². The summed E-state index contributed by atoms with van der Waals surface area (Å²) in [6, 6.07) is 0.434. The van der Waals surface area contributed by atoms with Crippen molar-refractivity contribution < 1.29 is 0 Å². The zero-order chi connectivity index (χ0) is 12.9. The summed E-state index contributed by atoms with van der Waals surface area (Å²) in [6.07, 6.45) is 4.06. The molecule has 0 fully saturated rings. The molecule has 0 aliphatic rings. The van der Waals surface area contributed by atoms with Crippen molar-refractivity contribution in [2.45, 2.75) is 45.2 Å². The van der Waals surface area contributed by atoms with Gasteiger partial charge in [-0.25, -0.2) is 4.98 Å². The smallest absolute Gasteiger partial charge is 0.0941 e. The highest BCUT2D eigenvalue weighted by Gasteiger charge is 2.31. The summed E-state index contributed by atoms with van der Waals surface area (Å²) in [5.41, 5.74) is 0.126. The van der Waals surface area contributed by atoms with Crippen LogP contribution >= 0.6 is 11.3 Å². The van der Waals surface area contributed by atoms with Crippen LogP contribution in [0.4, 0.5) is 0 Å². The molecule has 1 atom stereocenters. The molecule has 1 unspecified atom stereocenters. The van der Waals surface area contributed by atoms with E-state index in [4.69, 9.17) is 0 Å². The van der Waals surface area contributed by atoms with E-state index in [2.05, 4.69) is 55.4 Å². The van der Waals surface area contributed by atoms with Crippen molar-refractivity contribution in [1.29, 1.82) is 0 Å². The number of rotatable bonds is 7. The second-order valence-electron chi connectivity index (χ2n) is 5.18. The van der Waals surface area contributed by atoms with Gasteiger partial charge in [0.1, 0.15) is 0 Å². The van der Waals surface area contributed by atoms with E-state index in [0.29, 0.717) is 6.04 Å². The molecule has 0 aromatic carbocycles. The monoisotopic (exact) mass is 255 g/mol. The lowest BCUT2D eigenvalue weighted by Gasteiger charge is -2.40. The number of likely N-dealkylation sites (N-methyl/N-ethyl adjacent to an activating group) is 1. The van der Waals surface area contributed by atoms with Gasteiger partial charge in [-0.1, -0.05) is 6.92 Å². The van der Waals surface area contributed by atoms with Crippen molar-refractivity contribution in [3.63, 3.8) is 0 Å². The Bertz CT molecular complexity index is 306. The Hall–Kier alpha value is -0.450. The van der Waals surface area contributed by atoms with E-state index in [-0.39, 0.29) is 5.54 Å². The zero-order valence-corrected chi connectivity index (χ0v) is 12.5. The minimum atomic E-state index is 0.126. The van der Waals surface area contributed by atoms with Crippen LogP contribution in [-0.2, 0) is 6.42 Å². The molecule has 0 saturated carbocycles. The molecular weight excluding hydrogens is 230 g/mol. The van der Waals surface area contributed by atoms with Crippen LogP contribution in [0.3, 0.4) is 0 Å². The Morgan fingerprint density at radius 2 is 2.18 bits per heavy atom. The fourth-order valence-corrected chi connectivity index (χ4v) is 2.39. The van der Waals surface area contributed by atoms with Gasteiger partial charge in [0.05, 0.1) is 5.01 Å². The summed E-state index contributed by atoms with van der Waals surface area (Å²) in [6.45, 7) is 7.84. The van der Waals surface area contributed by atoms with Crippen molar-refractivity contribution in [2.24, 2.45) is 0 Å². The Labute approximate surface area is 109 Å². The lowest BCUT2D eigenvalue weighted by Crippen LogP contribution is -2.56. The van der Waals surface area contributed by atoms with Crippen LogP contribution in [0.15, 0.2) is 11.6 Å². The zero-order valence-electron chi connectivity index (χ0n) is 11.7. The molecule has 1 aromatic rings. The van der Waals surface area contributed by atoms with Gasteiger partial charge in [0, 0.05) is 29.6 Å². The summed E-state index contributed by atoms with van der Waals surface area (Å²) < 4.78 is 0. The topological polar surface area (TPSA) is 28.2 Å². The molecule has 3 nitrogen and oxygen atoms in total. The van der Waals surface area contributed by atoms with Gasteiger partial charge in [-0.3, -0.25) is 0 Å². The number of nitrogens with zero attached hydrogens (tertiary/aromatic N) is 2. The summed E-state index contributed by atoms with van der Waals surface area (Å²) in [5.74, 6) is 0. The fourth-order valence-electron chi connectivity index (χ4n) is 1.73. The van der Waals surface area contributed by atoms with Crippen LogP contribution in [0.5, 0.6) is 0 Å². The Kier molecular flexibility index (Phi) is 5.56. The molecule has 0 amide bonds. The van der Waals surface area contributed by atoms with Gasteiger partial charge in [0.15, 0.2) is 0 Å². The van der Waals surface area contributed by atoms with Gasteiger partial charge in [-0.05, 0) is 40.9 Å². The van der Waals surface area contributed by atoms with E-state index < -0.39 is 0 Å². The highest BCUT2D eigenvalue weighted by molar-refractivity contribution is 7.09. The predicted octanol–water partition coefficient (Wildman–Crippen LogP) is 2.39. The van der Waals surface area contributed by atoms with E-state index >= 15 is 0 Å². The maximum atomic E-state index is 4.40. The highest BCUT2D eigenvalue weighted by atomic mass is 32.1. The largest absolute Gasteiger partial charge is 0.312 e. The lowest BCUT2D eigenvalue weighted by molar-refractivity contribution is 0.137. The van der Waals surface area contributed by atoms with Gasteiger partial charge in [0.2, 0.25) is 0 Å². The molecule has 98 valence electrons. The number of thiazole rings is 1. The summed E-state index contributed by atoms with van der Waals surface area (Å²) in [5, 5.41) is 6.92. The van der Waals surface area contributed by atoms with Crippen LogP contribution in [0.2, 0.25) is 0 Å². The van der Waals surface area contributed by atoms with Crippen LogP contribution in [0.1, 0.15) is 32.2 Å². The van der Waals surface area contributed by atoms with Crippen molar-refractivity contribution in [3.05, 3.63) is 16.6 Å². The minimum Gasteiger partial charge on any atom is -0.312 e. The second kappa shape index (κ2) is 6.47. The third kappa shape index (κ3) is 4.05. The Balaban J connectivity index is 2.72. The first-order chi connectivity index (χ1) is 7.98. The van der Waals surface area contributed by atoms with Gasteiger partial charge in [-0.2, -0.15) is 0 Å². The maximum Gasteiger partial charge on any atom is 0.0941 e. The average Bonchev–Trinajstić information content (AvgIpc) is 2.76. The van der Waals surface area contributed by atoms with E-state index in [9.17, 15) is 0 Å². The van der Waals surface area contributed by atoms with E-state index in [1.807, 2.05) is 6.20 Å². The third-order valence-electron chi connectivity index (χ3n) is 3.51. The summed E-state index contributed by atoms with van der Waals surface area (Å²) in [7, 11) is 4.28. The van der Waals surface area contributed by atoms with E-state index in [1.54, 1.807) is 11.3 Å². The number of hydrogen-bond donors (Lipinski definition) is 1. The fraction of sp³-hybridized carbons (Fsp3) is 0.769.